The summed E-state index contributed by atoms with van der Waals surface area (Å²) in [5.74, 6) is -0.0744. The number of urea groups is 1. The van der Waals surface area contributed by atoms with Crippen LogP contribution in [0.4, 0.5) is 18.0 Å². The van der Waals surface area contributed by atoms with Gasteiger partial charge in [0, 0.05) is 24.8 Å². The smallest absolute Gasteiger partial charge is 0.379 e. The number of para-hydroxylation sites is 1. The fourth-order valence-electron chi connectivity index (χ4n) is 3.51. The summed E-state index contributed by atoms with van der Waals surface area (Å²) >= 11 is 0. The van der Waals surface area contributed by atoms with Crippen LogP contribution >= 0.6 is 0 Å². The lowest BCUT2D eigenvalue weighted by molar-refractivity contribution is -0.137. The van der Waals surface area contributed by atoms with Gasteiger partial charge in [0.2, 0.25) is 0 Å². The Morgan fingerprint density at radius 1 is 1.21 bits per heavy atom. The molecule has 186 valence electrons. The van der Waals surface area contributed by atoms with Crippen molar-refractivity contribution in [3.63, 3.8) is 0 Å². The Labute approximate surface area is 197 Å². The van der Waals surface area contributed by atoms with Crippen molar-refractivity contribution in [1.29, 1.82) is 0 Å². The van der Waals surface area contributed by atoms with Crippen LogP contribution in [0.2, 0.25) is 0 Å². The molecule has 2 aromatic carbocycles. The molecule has 0 aliphatic carbocycles. The van der Waals surface area contributed by atoms with Crippen molar-refractivity contribution < 1.29 is 35.3 Å². The molecule has 1 fully saturated rings. The molecule has 11 heteroatoms. The van der Waals surface area contributed by atoms with Crippen molar-refractivity contribution in [1.82, 2.24) is 10.2 Å². The number of carbonyl (C=O) groups is 1. The molecule has 0 unspecified atom stereocenters. The fraction of sp³-hybridized carbons (Fsp3) is 0.435. The normalized spacial score (nSPS) is 16.5. The number of hydrogen-bond donors (Lipinski definition) is 1. The first kappa shape index (κ1) is 25.8. The minimum Gasteiger partial charge on any atom is -0.379 e. The molecule has 0 spiro atoms. The highest BCUT2D eigenvalue weighted by Crippen LogP contribution is 2.32. The van der Waals surface area contributed by atoms with Crippen molar-refractivity contribution >= 4 is 16.1 Å². The number of amides is 2. The molecule has 34 heavy (non-hydrogen) atoms. The average Bonchev–Trinajstić information content (AvgIpc) is 3.26. The second-order valence-corrected chi connectivity index (χ2v) is 9.84. The van der Waals surface area contributed by atoms with E-state index < -0.39 is 26.8 Å². The van der Waals surface area contributed by atoms with Crippen molar-refractivity contribution in [2.24, 2.45) is 0 Å². The maximum Gasteiger partial charge on any atom is 0.416 e. The summed E-state index contributed by atoms with van der Waals surface area (Å²) in [6.45, 7) is 4.57. The first-order valence-corrected chi connectivity index (χ1v) is 12.2. The van der Waals surface area contributed by atoms with E-state index in [1.54, 1.807) is 18.2 Å². The largest absolute Gasteiger partial charge is 0.416 e. The molecule has 0 bridgehead atoms. The van der Waals surface area contributed by atoms with Crippen LogP contribution in [0.3, 0.4) is 0 Å². The van der Waals surface area contributed by atoms with Crippen LogP contribution in [0.15, 0.2) is 53.4 Å². The SMILES string of the molecule is CC(C)NC(=O)N(Cc1ccccc1OS(=O)(=O)c1cccc(C(F)(F)F)c1)C[C@H]1CCCO1. The summed E-state index contributed by atoms with van der Waals surface area (Å²) in [5.41, 5.74) is -0.714. The number of benzene rings is 2. The third-order valence-electron chi connectivity index (χ3n) is 5.13. The number of nitrogens with zero attached hydrogens (tertiary/aromatic N) is 1. The Morgan fingerprint density at radius 2 is 1.94 bits per heavy atom. The molecular formula is C23H27F3N2O5S. The molecule has 0 saturated carbocycles. The first-order chi connectivity index (χ1) is 16.0. The number of halogens is 3. The molecule has 0 aromatic heterocycles. The van der Waals surface area contributed by atoms with Crippen LogP contribution in [0.25, 0.3) is 0 Å². The zero-order chi connectivity index (χ0) is 24.9. The molecule has 1 saturated heterocycles. The number of alkyl halides is 3. The summed E-state index contributed by atoms with van der Waals surface area (Å²) in [7, 11) is -4.56. The van der Waals surface area contributed by atoms with Crippen LogP contribution in [-0.2, 0) is 27.6 Å². The van der Waals surface area contributed by atoms with Gasteiger partial charge in [-0.1, -0.05) is 24.3 Å². The van der Waals surface area contributed by atoms with Gasteiger partial charge < -0.3 is 19.1 Å². The van der Waals surface area contributed by atoms with Crippen molar-refractivity contribution in [3.05, 3.63) is 59.7 Å². The maximum absolute atomic E-state index is 13.0. The molecule has 1 aliphatic rings. The lowest BCUT2D eigenvalue weighted by Crippen LogP contribution is -2.45. The first-order valence-electron chi connectivity index (χ1n) is 10.8. The van der Waals surface area contributed by atoms with E-state index in [0.29, 0.717) is 24.8 Å². The number of hydrogen-bond acceptors (Lipinski definition) is 5. The molecule has 0 radical (unpaired) electrons. The predicted octanol–water partition coefficient (Wildman–Crippen LogP) is 4.57. The quantitative estimate of drug-likeness (QED) is 0.537. The topological polar surface area (TPSA) is 84.9 Å². The van der Waals surface area contributed by atoms with Gasteiger partial charge >= 0.3 is 22.3 Å². The standard InChI is InChI=1S/C23H27F3N2O5S/c1-16(2)27-22(29)28(15-19-9-6-12-32-19)14-17-7-3-4-11-21(17)33-34(30,31)20-10-5-8-18(13-20)23(24,25)26/h3-5,7-8,10-11,13,16,19H,6,9,12,14-15H2,1-2H3,(H,27,29)/t19-/m1/s1. The van der Waals surface area contributed by atoms with Gasteiger partial charge in [0.15, 0.2) is 0 Å². The Bertz CT molecular complexity index is 1100. The predicted molar refractivity (Wildman–Crippen MR) is 119 cm³/mol. The molecule has 1 heterocycles. The van der Waals surface area contributed by atoms with Crippen LogP contribution in [0.5, 0.6) is 5.75 Å². The molecule has 1 N–H and O–H groups in total. The summed E-state index contributed by atoms with van der Waals surface area (Å²) in [5, 5.41) is 2.82. The van der Waals surface area contributed by atoms with E-state index in [-0.39, 0.29) is 30.5 Å². The van der Waals surface area contributed by atoms with Gasteiger partial charge in [-0.15, -0.1) is 0 Å². The van der Waals surface area contributed by atoms with E-state index in [2.05, 4.69) is 5.32 Å². The Morgan fingerprint density at radius 3 is 2.59 bits per heavy atom. The van der Waals surface area contributed by atoms with Gasteiger partial charge in [-0.25, -0.2) is 4.79 Å². The van der Waals surface area contributed by atoms with Gasteiger partial charge in [-0.2, -0.15) is 21.6 Å². The molecule has 3 rings (SSSR count). The van der Waals surface area contributed by atoms with E-state index in [9.17, 15) is 26.4 Å². The fourth-order valence-corrected chi connectivity index (χ4v) is 4.52. The van der Waals surface area contributed by atoms with Crippen LogP contribution in [0, 0.1) is 0 Å². The van der Waals surface area contributed by atoms with Crippen LogP contribution < -0.4 is 9.50 Å². The summed E-state index contributed by atoms with van der Waals surface area (Å²) in [6, 6.07) is 9.07. The third-order valence-corrected chi connectivity index (χ3v) is 6.36. The highest BCUT2D eigenvalue weighted by molar-refractivity contribution is 7.87. The summed E-state index contributed by atoms with van der Waals surface area (Å²) in [6.07, 6.45) is -3.15. The highest BCUT2D eigenvalue weighted by atomic mass is 32.2. The lowest BCUT2D eigenvalue weighted by Gasteiger charge is -2.27. The molecular weight excluding hydrogens is 473 g/mol. The highest BCUT2D eigenvalue weighted by Gasteiger charge is 2.32. The minimum absolute atomic E-state index is 0.0205. The van der Waals surface area contributed by atoms with Gasteiger partial charge in [0.25, 0.3) is 0 Å². The number of nitrogens with one attached hydrogen (secondary N) is 1. The zero-order valence-electron chi connectivity index (χ0n) is 18.8. The Balaban J connectivity index is 1.85. The second kappa shape index (κ2) is 10.6. The minimum atomic E-state index is -4.70. The van der Waals surface area contributed by atoms with E-state index in [1.807, 2.05) is 13.8 Å². The monoisotopic (exact) mass is 500 g/mol. The van der Waals surface area contributed by atoms with E-state index in [1.165, 1.54) is 11.0 Å². The van der Waals surface area contributed by atoms with Gasteiger partial charge in [-0.05, 0) is 51.0 Å². The number of ether oxygens (including phenoxy) is 1. The summed E-state index contributed by atoms with van der Waals surface area (Å²) in [4.78, 5) is 13.7. The van der Waals surface area contributed by atoms with Gasteiger partial charge in [0.05, 0.1) is 18.2 Å². The third kappa shape index (κ3) is 6.86. The van der Waals surface area contributed by atoms with Crippen molar-refractivity contribution in [2.45, 2.75) is 56.5 Å². The van der Waals surface area contributed by atoms with Crippen molar-refractivity contribution in [3.8, 4) is 5.75 Å². The van der Waals surface area contributed by atoms with Gasteiger partial charge in [-0.3, -0.25) is 0 Å². The summed E-state index contributed by atoms with van der Waals surface area (Å²) < 4.78 is 75.5. The molecule has 2 aromatic rings. The van der Waals surface area contributed by atoms with E-state index >= 15 is 0 Å². The van der Waals surface area contributed by atoms with Crippen LogP contribution in [0.1, 0.15) is 37.8 Å². The zero-order valence-corrected chi connectivity index (χ0v) is 19.7. The van der Waals surface area contributed by atoms with E-state index in [4.69, 9.17) is 8.92 Å². The molecule has 1 atom stereocenters. The van der Waals surface area contributed by atoms with Crippen LogP contribution in [-0.4, -0.2) is 44.6 Å². The van der Waals surface area contributed by atoms with Gasteiger partial charge in [0.1, 0.15) is 10.6 Å². The van der Waals surface area contributed by atoms with Crippen molar-refractivity contribution in [2.75, 3.05) is 13.2 Å². The maximum atomic E-state index is 13.0. The number of rotatable bonds is 8. The lowest BCUT2D eigenvalue weighted by atomic mass is 10.1. The average molecular weight is 501 g/mol. The Kier molecular flexibility index (Phi) is 8.09. The molecule has 2 amide bonds. The Hall–Kier alpha value is -2.79. The molecule has 7 nitrogen and oxygen atoms in total. The van der Waals surface area contributed by atoms with E-state index in [0.717, 1.165) is 31.0 Å². The molecule has 1 aliphatic heterocycles. The number of carbonyl (C=O) groups excluding carboxylic acids is 1. The second-order valence-electron chi connectivity index (χ2n) is 8.29.